The Labute approximate surface area is 105 Å². The molecule has 2 rings (SSSR count). The van der Waals surface area contributed by atoms with Gasteiger partial charge in [-0.2, -0.15) is 4.98 Å². The van der Waals surface area contributed by atoms with Crippen LogP contribution in [0.5, 0.6) is 5.75 Å². The van der Waals surface area contributed by atoms with Gasteiger partial charge in [0.05, 0.1) is 4.92 Å². The Balaban J connectivity index is 2.24. The van der Waals surface area contributed by atoms with E-state index in [4.69, 9.17) is 9.84 Å². The highest BCUT2D eigenvalue weighted by Crippen LogP contribution is 2.24. The smallest absolute Gasteiger partial charge is 0.339 e. The number of carbonyl (C=O) groups is 1. The van der Waals surface area contributed by atoms with E-state index in [0.717, 1.165) is 18.5 Å². The fourth-order valence-electron chi connectivity index (χ4n) is 1.32. The molecule has 0 aliphatic rings. The highest BCUT2D eigenvalue weighted by molar-refractivity contribution is 5.91. The minimum Gasteiger partial charge on any atom is -0.485 e. The van der Waals surface area contributed by atoms with Gasteiger partial charge in [0.25, 0.3) is 5.69 Å². The lowest BCUT2D eigenvalue weighted by Gasteiger charge is -2.06. The summed E-state index contributed by atoms with van der Waals surface area (Å²) in [7, 11) is 0. The fourth-order valence-corrected chi connectivity index (χ4v) is 1.32. The number of non-ortho nitro benzene ring substituents is 1. The summed E-state index contributed by atoms with van der Waals surface area (Å²) in [6.45, 7) is -0.103. The molecule has 19 heavy (non-hydrogen) atoms. The van der Waals surface area contributed by atoms with Gasteiger partial charge in [0.15, 0.2) is 6.61 Å². The Hall–Kier alpha value is -2.97. The zero-order chi connectivity index (χ0) is 13.8. The number of aromatic carboxylic acids is 1. The first kappa shape index (κ1) is 12.5. The molecule has 0 radical (unpaired) electrons. The fraction of sp³-hybridized carbons (Fsp3) is 0.100. The third-order valence-corrected chi connectivity index (χ3v) is 2.17. The molecule has 0 amide bonds. The van der Waals surface area contributed by atoms with E-state index in [1.54, 1.807) is 0 Å². The Morgan fingerprint density at radius 2 is 2.32 bits per heavy atom. The van der Waals surface area contributed by atoms with E-state index in [2.05, 4.69) is 14.7 Å². The van der Waals surface area contributed by atoms with Crippen LogP contribution in [-0.2, 0) is 6.61 Å². The molecule has 0 fully saturated rings. The van der Waals surface area contributed by atoms with E-state index in [0.29, 0.717) is 0 Å². The number of rotatable bonds is 5. The molecule has 1 aromatic carbocycles. The van der Waals surface area contributed by atoms with Crippen molar-refractivity contribution in [1.29, 1.82) is 0 Å². The average molecular weight is 265 g/mol. The maximum atomic E-state index is 11.0. The zero-order valence-electron chi connectivity index (χ0n) is 9.35. The van der Waals surface area contributed by atoms with Crippen LogP contribution in [-0.4, -0.2) is 26.1 Å². The first-order valence-corrected chi connectivity index (χ1v) is 4.97. The molecule has 9 heteroatoms. The molecule has 1 N–H and O–H groups in total. The second-order valence-electron chi connectivity index (χ2n) is 3.38. The summed E-state index contributed by atoms with van der Waals surface area (Å²) >= 11 is 0. The van der Waals surface area contributed by atoms with Gasteiger partial charge in [-0.05, 0) is 6.07 Å². The molecule has 0 saturated carbocycles. The lowest BCUT2D eigenvalue weighted by Crippen LogP contribution is -2.05. The van der Waals surface area contributed by atoms with E-state index in [1.807, 2.05) is 0 Å². The minimum absolute atomic E-state index is 0.0112. The Morgan fingerprint density at radius 1 is 1.53 bits per heavy atom. The Kier molecular flexibility index (Phi) is 3.37. The predicted molar refractivity (Wildman–Crippen MR) is 58.7 cm³/mol. The third-order valence-electron chi connectivity index (χ3n) is 2.17. The van der Waals surface area contributed by atoms with Crippen molar-refractivity contribution >= 4 is 11.7 Å². The predicted octanol–water partition coefficient (Wildman–Crippen LogP) is 1.25. The molecule has 0 aliphatic carbocycles. The third kappa shape index (κ3) is 2.83. The molecule has 1 aromatic heterocycles. The normalized spacial score (nSPS) is 10.1. The van der Waals surface area contributed by atoms with Crippen molar-refractivity contribution in [3.8, 4) is 5.75 Å². The number of nitro groups is 1. The van der Waals surface area contributed by atoms with Gasteiger partial charge in [-0.15, -0.1) is 0 Å². The quantitative estimate of drug-likeness (QED) is 0.631. The molecule has 0 aliphatic heterocycles. The van der Waals surface area contributed by atoms with Gasteiger partial charge in [0, 0.05) is 12.1 Å². The lowest BCUT2D eigenvalue weighted by atomic mass is 10.2. The van der Waals surface area contributed by atoms with Gasteiger partial charge in [0.1, 0.15) is 11.3 Å². The van der Waals surface area contributed by atoms with Crippen LogP contribution in [0.2, 0.25) is 0 Å². The van der Waals surface area contributed by atoms with Crippen LogP contribution in [0.15, 0.2) is 29.1 Å². The van der Waals surface area contributed by atoms with Gasteiger partial charge < -0.3 is 14.4 Å². The summed E-state index contributed by atoms with van der Waals surface area (Å²) < 4.78 is 9.67. The Bertz CT molecular complexity index is 610. The van der Waals surface area contributed by atoms with Gasteiger partial charge in [-0.25, -0.2) is 4.79 Å². The van der Waals surface area contributed by atoms with Crippen molar-refractivity contribution in [1.82, 2.24) is 10.1 Å². The topological polar surface area (TPSA) is 129 Å². The van der Waals surface area contributed by atoms with Crippen molar-refractivity contribution in [2.75, 3.05) is 0 Å². The van der Waals surface area contributed by atoms with Crippen molar-refractivity contribution < 1.29 is 24.1 Å². The van der Waals surface area contributed by atoms with Crippen molar-refractivity contribution in [3.05, 3.63) is 46.1 Å². The maximum absolute atomic E-state index is 11.0. The SMILES string of the molecule is O=C(O)c1cc([N+](=O)[O-])ccc1OCc1ncon1. The second-order valence-corrected chi connectivity index (χ2v) is 3.38. The number of nitro benzene ring substituents is 1. The molecule has 0 atom stereocenters. The summed E-state index contributed by atoms with van der Waals surface area (Å²) in [5.41, 5.74) is -0.637. The summed E-state index contributed by atoms with van der Waals surface area (Å²) in [5, 5.41) is 23.0. The van der Waals surface area contributed by atoms with Gasteiger partial charge >= 0.3 is 5.97 Å². The minimum atomic E-state index is -1.33. The molecule has 0 bridgehead atoms. The first-order chi connectivity index (χ1) is 9.08. The van der Waals surface area contributed by atoms with Crippen molar-refractivity contribution in [2.45, 2.75) is 6.61 Å². The molecular weight excluding hydrogens is 258 g/mol. The average Bonchev–Trinajstić information content (AvgIpc) is 2.89. The number of carboxylic acids is 1. The number of aromatic nitrogens is 2. The number of carboxylic acid groups (broad SMARTS) is 1. The second kappa shape index (κ2) is 5.12. The molecule has 9 nitrogen and oxygen atoms in total. The molecule has 0 spiro atoms. The monoisotopic (exact) mass is 265 g/mol. The zero-order valence-corrected chi connectivity index (χ0v) is 9.35. The highest BCUT2D eigenvalue weighted by atomic mass is 16.6. The number of hydrogen-bond donors (Lipinski definition) is 1. The highest BCUT2D eigenvalue weighted by Gasteiger charge is 2.17. The van der Waals surface area contributed by atoms with E-state index >= 15 is 0 Å². The van der Waals surface area contributed by atoms with Crippen LogP contribution < -0.4 is 4.74 Å². The molecular formula is C10H7N3O6. The van der Waals surface area contributed by atoms with Crippen LogP contribution >= 0.6 is 0 Å². The summed E-state index contributed by atoms with van der Waals surface area (Å²) in [6, 6.07) is 3.29. The van der Waals surface area contributed by atoms with E-state index in [1.165, 1.54) is 6.07 Å². The first-order valence-electron chi connectivity index (χ1n) is 4.97. The molecule has 0 unspecified atom stereocenters. The van der Waals surface area contributed by atoms with Crippen LogP contribution in [0.4, 0.5) is 5.69 Å². The van der Waals surface area contributed by atoms with E-state index in [9.17, 15) is 14.9 Å². The number of nitrogens with zero attached hydrogens (tertiary/aromatic N) is 3. The van der Waals surface area contributed by atoms with Crippen LogP contribution in [0.25, 0.3) is 0 Å². The molecule has 1 heterocycles. The molecule has 2 aromatic rings. The van der Waals surface area contributed by atoms with E-state index < -0.39 is 10.9 Å². The standard InChI is InChI=1S/C10H7N3O6/c14-10(15)7-3-6(13(16)17)1-2-8(7)18-4-9-11-5-19-12-9/h1-3,5H,4H2,(H,14,15). The Morgan fingerprint density at radius 3 is 2.89 bits per heavy atom. The van der Waals surface area contributed by atoms with Gasteiger partial charge in [-0.3, -0.25) is 10.1 Å². The molecule has 0 saturated heterocycles. The van der Waals surface area contributed by atoms with Crippen molar-refractivity contribution in [2.24, 2.45) is 0 Å². The number of ether oxygens (including phenoxy) is 1. The largest absolute Gasteiger partial charge is 0.485 e. The lowest BCUT2D eigenvalue weighted by molar-refractivity contribution is -0.384. The van der Waals surface area contributed by atoms with Gasteiger partial charge in [-0.1, -0.05) is 5.16 Å². The summed E-state index contributed by atoms with van der Waals surface area (Å²) in [5.74, 6) is -1.11. The van der Waals surface area contributed by atoms with E-state index in [-0.39, 0.29) is 29.4 Å². The van der Waals surface area contributed by atoms with Crippen molar-refractivity contribution in [3.63, 3.8) is 0 Å². The summed E-state index contributed by atoms with van der Waals surface area (Å²) in [4.78, 5) is 24.6. The van der Waals surface area contributed by atoms with Crippen LogP contribution in [0.1, 0.15) is 16.2 Å². The van der Waals surface area contributed by atoms with Crippen LogP contribution in [0.3, 0.4) is 0 Å². The maximum Gasteiger partial charge on any atom is 0.339 e. The number of benzene rings is 1. The number of hydrogen-bond acceptors (Lipinski definition) is 7. The summed E-state index contributed by atoms with van der Waals surface area (Å²) in [6.07, 6.45) is 1.10. The van der Waals surface area contributed by atoms with Gasteiger partial charge in [0.2, 0.25) is 12.2 Å². The van der Waals surface area contributed by atoms with Crippen LogP contribution in [0, 0.1) is 10.1 Å². The molecule has 98 valence electrons.